The largest absolute Gasteiger partial charge is 0.347 e. The molecule has 0 fully saturated rings. The highest BCUT2D eigenvalue weighted by Gasteiger charge is 2.23. The molecule has 4 rings (SSSR count). The molecular weight excluding hydrogens is 300 g/mol. The minimum Gasteiger partial charge on any atom is -0.347 e. The maximum atomic E-state index is 12.5. The average molecular weight is 320 g/mol. The lowest BCUT2D eigenvalue weighted by Gasteiger charge is -2.25. The number of carbonyl (C=O) groups excluding carboxylic acids is 1. The summed E-state index contributed by atoms with van der Waals surface area (Å²) in [5.74, 6) is -0.000405. The van der Waals surface area contributed by atoms with Crippen molar-refractivity contribution in [2.75, 3.05) is 0 Å². The highest BCUT2D eigenvalue weighted by atomic mass is 16.1. The van der Waals surface area contributed by atoms with Gasteiger partial charge in [-0.1, -0.05) is 12.1 Å². The summed E-state index contributed by atoms with van der Waals surface area (Å²) in [4.78, 5) is 21.5. The van der Waals surface area contributed by atoms with E-state index in [2.05, 4.69) is 21.4 Å². The van der Waals surface area contributed by atoms with Crippen LogP contribution in [-0.4, -0.2) is 20.3 Å². The number of imidazole rings is 1. The Bertz CT molecular complexity index is 899. The third-order valence-corrected chi connectivity index (χ3v) is 4.60. The van der Waals surface area contributed by atoms with Crippen LogP contribution < -0.4 is 5.32 Å². The molecule has 0 radical (unpaired) electrons. The molecule has 0 saturated heterocycles. The van der Waals surface area contributed by atoms with Gasteiger partial charge < -0.3 is 9.72 Å². The fourth-order valence-electron chi connectivity index (χ4n) is 3.45. The van der Waals surface area contributed by atoms with E-state index in [0.29, 0.717) is 6.42 Å². The summed E-state index contributed by atoms with van der Waals surface area (Å²) < 4.78 is 1.97. The zero-order chi connectivity index (χ0) is 16.5. The Morgan fingerprint density at radius 1 is 1.38 bits per heavy atom. The predicted molar refractivity (Wildman–Crippen MR) is 91.7 cm³/mol. The van der Waals surface area contributed by atoms with Gasteiger partial charge >= 0.3 is 0 Å². The van der Waals surface area contributed by atoms with E-state index in [0.717, 1.165) is 41.9 Å². The van der Waals surface area contributed by atoms with Crippen molar-refractivity contribution in [2.45, 2.75) is 38.6 Å². The van der Waals surface area contributed by atoms with Gasteiger partial charge in [0.2, 0.25) is 5.91 Å². The second kappa shape index (κ2) is 6.07. The molecule has 1 N–H and O–H groups in total. The van der Waals surface area contributed by atoms with Crippen molar-refractivity contribution in [3.63, 3.8) is 0 Å². The van der Waals surface area contributed by atoms with E-state index in [1.54, 1.807) is 6.20 Å². The van der Waals surface area contributed by atoms with Crippen LogP contribution in [0.4, 0.5) is 0 Å². The van der Waals surface area contributed by atoms with Gasteiger partial charge in [-0.05, 0) is 49.4 Å². The Morgan fingerprint density at radius 2 is 2.29 bits per heavy atom. The molecule has 0 spiro atoms. The molecule has 3 aromatic heterocycles. The lowest BCUT2D eigenvalue weighted by Crippen LogP contribution is -2.32. The first kappa shape index (κ1) is 14.9. The van der Waals surface area contributed by atoms with Crippen molar-refractivity contribution in [1.82, 2.24) is 19.7 Å². The Morgan fingerprint density at radius 3 is 3.17 bits per heavy atom. The molecule has 1 atom stereocenters. The summed E-state index contributed by atoms with van der Waals surface area (Å²) in [5.41, 5.74) is 5.07. The first-order chi connectivity index (χ1) is 11.7. The van der Waals surface area contributed by atoms with Crippen LogP contribution >= 0.6 is 0 Å². The van der Waals surface area contributed by atoms with Gasteiger partial charge in [0.25, 0.3) is 0 Å². The maximum absolute atomic E-state index is 12.5. The monoisotopic (exact) mass is 320 g/mol. The van der Waals surface area contributed by atoms with E-state index in [4.69, 9.17) is 0 Å². The molecule has 122 valence electrons. The molecule has 5 nitrogen and oxygen atoms in total. The fraction of sp³-hybridized carbons (Fsp3) is 0.316. The highest BCUT2D eigenvalue weighted by Crippen LogP contribution is 2.27. The maximum Gasteiger partial charge on any atom is 0.226 e. The first-order valence-electron chi connectivity index (χ1n) is 8.37. The van der Waals surface area contributed by atoms with Crippen molar-refractivity contribution in [1.29, 1.82) is 0 Å². The van der Waals surface area contributed by atoms with E-state index >= 15 is 0 Å². The Kier molecular flexibility index (Phi) is 3.76. The lowest BCUT2D eigenvalue weighted by molar-refractivity contribution is -0.121. The zero-order valence-electron chi connectivity index (χ0n) is 13.7. The standard InChI is InChI=1S/C19H20N4O/c1-13-5-4-10-23-12-15(21-19(13)23)11-17(24)22-16-8-2-6-14-7-3-9-20-18(14)16/h3-5,7,9-10,12,16H,2,6,8,11H2,1H3,(H,22,24)/t16-/m1/s1. The number of amides is 1. The third-order valence-electron chi connectivity index (χ3n) is 4.60. The van der Waals surface area contributed by atoms with E-state index in [-0.39, 0.29) is 11.9 Å². The number of fused-ring (bicyclic) bond motifs is 2. The topological polar surface area (TPSA) is 59.3 Å². The third kappa shape index (κ3) is 2.77. The molecule has 1 aliphatic carbocycles. The quantitative estimate of drug-likeness (QED) is 0.807. The number of aromatic nitrogens is 3. The van der Waals surface area contributed by atoms with Crippen molar-refractivity contribution in [3.05, 3.63) is 65.4 Å². The summed E-state index contributed by atoms with van der Waals surface area (Å²) in [6.45, 7) is 2.02. The molecule has 5 heteroatoms. The van der Waals surface area contributed by atoms with Gasteiger partial charge in [-0.15, -0.1) is 0 Å². The molecule has 0 aliphatic heterocycles. The van der Waals surface area contributed by atoms with Crippen molar-refractivity contribution < 1.29 is 4.79 Å². The van der Waals surface area contributed by atoms with Gasteiger partial charge in [-0.25, -0.2) is 4.98 Å². The Balaban J connectivity index is 1.50. The van der Waals surface area contributed by atoms with Gasteiger partial charge in [0.05, 0.1) is 23.9 Å². The highest BCUT2D eigenvalue weighted by molar-refractivity contribution is 5.78. The van der Waals surface area contributed by atoms with Crippen molar-refractivity contribution in [3.8, 4) is 0 Å². The number of nitrogens with one attached hydrogen (secondary N) is 1. The average Bonchev–Trinajstić information content (AvgIpc) is 2.99. The van der Waals surface area contributed by atoms with E-state index in [9.17, 15) is 4.79 Å². The molecule has 3 aromatic rings. The molecular formula is C19H20N4O. The number of carbonyl (C=O) groups is 1. The number of hydrogen-bond donors (Lipinski definition) is 1. The molecule has 24 heavy (non-hydrogen) atoms. The van der Waals surface area contributed by atoms with Crippen molar-refractivity contribution >= 4 is 11.6 Å². The van der Waals surface area contributed by atoms with Crippen LogP contribution in [0.2, 0.25) is 0 Å². The van der Waals surface area contributed by atoms with Gasteiger partial charge in [0.1, 0.15) is 5.65 Å². The summed E-state index contributed by atoms with van der Waals surface area (Å²) in [5, 5.41) is 3.13. The van der Waals surface area contributed by atoms with Crippen LogP contribution in [0.3, 0.4) is 0 Å². The molecule has 0 saturated carbocycles. The minimum absolute atomic E-state index is 0.000405. The minimum atomic E-state index is -0.000405. The van der Waals surface area contributed by atoms with Crippen LogP contribution in [0.1, 0.15) is 41.4 Å². The van der Waals surface area contributed by atoms with E-state index in [1.807, 2.05) is 41.9 Å². The van der Waals surface area contributed by atoms with Crippen LogP contribution in [0.5, 0.6) is 0 Å². The van der Waals surface area contributed by atoms with Gasteiger partial charge in [-0.2, -0.15) is 0 Å². The normalized spacial score (nSPS) is 16.8. The summed E-state index contributed by atoms with van der Waals surface area (Å²) in [7, 11) is 0. The van der Waals surface area contributed by atoms with Crippen molar-refractivity contribution in [2.24, 2.45) is 0 Å². The van der Waals surface area contributed by atoms with Crippen LogP contribution in [-0.2, 0) is 17.6 Å². The number of rotatable bonds is 3. The van der Waals surface area contributed by atoms with E-state index < -0.39 is 0 Å². The first-order valence-corrected chi connectivity index (χ1v) is 8.37. The number of aryl methyl sites for hydroxylation is 2. The summed E-state index contributed by atoms with van der Waals surface area (Å²) in [6, 6.07) is 8.09. The Hall–Kier alpha value is -2.69. The van der Waals surface area contributed by atoms with Gasteiger partial charge in [0.15, 0.2) is 0 Å². The number of pyridine rings is 2. The fourth-order valence-corrected chi connectivity index (χ4v) is 3.45. The SMILES string of the molecule is Cc1cccn2cc(CC(=O)N[C@@H]3CCCc4cccnc43)nc12. The van der Waals surface area contributed by atoms with Crippen LogP contribution in [0.15, 0.2) is 42.9 Å². The molecule has 0 aromatic carbocycles. The van der Waals surface area contributed by atoms with Crippen LogP contribution in [0.25, 0.3) is 5.65 Å². The summed E-state index contributed by atoms with van der Waals surface area (Å²) in [6.07, 6.45) is 9.04. The second-order valence-corrected chi connectivity index (χ2v) is 6.39. The lowest BCUT2D eigenvalue weighted by atomic mass is 9.92. The molecule has 3 heterocycles. The number of nitrogens with zero attached hydrogens (tertiary/aromatic N) is 3. The molecule has 0 bridgehead atoms. The Labute approximate surface area is 140 Å². The van der Waals surface area contributed by atoms with Gasteiger partial charge in [0, 0.05) is 18.6 Å². The van der Waals surface area contributed by atoms with Crippen LogP contribution in [0, 0.1) is 6.92 Å². The molecule has 1 amide bonds. The number of hydrogen-bond acceptors (Lipinski definition) is 3. The zero-order valence-corrected chi connectivity index (χ0v) is 13.7. The molecule has 1 aliphatic rings. The summed E-state index contributed by atoms with van der Waals surface area (Å²) >= 11 is 0. The predicted octanol–water partition coefficient (Wildman–Crippen LogP) is 2.77. The van der Waals surface area contributed by atoms with Gasteiger partial charge in [-0.3, -0.25) is 9.78 Å². The second-order valence-electron chi connectivity index (χ2n) is 6.39. The smallest absolute Gasteiger partial charge is 0.226 e. The van der Waals surface area contributed by atoms with E-state index in [1.165, 1.54) is 5.56 Å². The molecule has 0 unspecified atom stereocenters.